The first-order valence-corrected chi connectivity index (χ1v) is 10.7. The second kappa shape index (κ2) is 7.85. The molecule has 0 bridgehead atoms. The molecule has 3 aromatic rings. The summed E-state index contributed by atoms with van der Waals surface area (Å²) in [6, 6.07) is 15.7. The number of carbonyl (C=O) groups is 1. The number of carbonyl (C=O) groups excluding carboxylic acids is 1. The Morgan fingerprint density at radius 2 is 1.73 bits per heavy atom. The van der Waals surface area contributed by atoms with Gasteiger partial charge in [-0.15, -0.1) is 0 Å². The van der Waals surface area contributed by atoms with Gasteiger partial charge in [-0.3, -0.25) is 9.69 Å². The van der Waals surface area contributed by atoms with Crippen molar-refractivity contribution in [3.8, 4) is 11.3 Å². The second-order valence-corrected chi connectivity index (χ2v) is 8.67. The Morgan fingerprint density at radius 3 is 2.43 bits per heavy atom. The van der Waals surface area contributed by atoms with Crippen LogP contribution in [0.15, 0.2) is 63.1 Å². The molecular formula is C24H21BrN2O2S. The van der Waals surface area contributed by atoms with Crippen molar-refractivity contribution in [2.45, 2.75) is 20.8 Å². The summed E-state index contributed by atoms with van der Waals surface area (Å²) in [5.74, 6) is 1.19. The van der Waals surface area contributed by atoms with Crippen LogP contribution >= 0.6 is 28.1 Å². The van der Waals surface area contributed by atoms with Crippen molar-refractivity contribution in [1.29, 1.82) is 0 Å². The molecule has 4 nitrogen and oxygen atoms in total. The molecular weight excluding hydrogens is 460 g/mol. The summed E-state index contributed by atoms with van der Waals surface area (Å²) in [6.07, 6.45) is 1.74. The van der Waals surface area contributed by atoms with Gasteiger partial charge in [0.1, 0.15) is 17.2 Å². The third-order valence-corrected chi connectivity index (χ3v) is 6.70. The molecule has 1 aliphatic rings. The van der Waals surface area contributed by atoms with Crippen LogP contribution in [0, 0.1) is 20.8 Å². The largest absolute Gasteiger partial charge is 0.457 e. The van der Waals surface area contributed by atoms with Crippen LogP contribution in [0.5, 0.6) is 0 Å². The molecule has 0 spiro atoms. The molecule has 0 saturated carbocycles. The summed E-state index contributed by atoms with van der Waals surface area (Å²) in [4.78, 5) is 16.5. The number of hydrogen-bond donors (Lipinski definition) is 0. The summed E-state index contributed by atoms with van der Waals surface area (Å²) in [7, 11) is 1.80. The Balaban J connectivity index is 1.66. The maximum atomic E-state index is 13.2. The Labute approximate surface area is 189 Å². The van der Waals surface area contributed by atoms with E-state index in [-0.39, 0.29) is 5.91 Å². The molecule has 30 heavy (non-hydrogen) atoms. The number of anilines is 1. The van der Waals surface area contributed by atoms with Gasteiger partial charge < -0.3 is 9.32 Å². The first-order valence-electron chi connectivity index (χ1n) is 9.53. The lowest BCUT2D eigenvalue weighted by molar-refractivity contribution is -0.114. The molecule has 1 amide bonds. The fourth-order valence-electron chi connectivity index (χ4n) is 3.37. The number of hydrogen-bond acceptors (Lipinski definition) is 3. The van der Waals surface area contributed by atoms with E-state index in [9.17, 15) is 4.79 Å². The van der Waals surface area contributed by atoms with Crippen LogP contribution in [0.2, 0.25) is 0 Å². The standard InChI is InChI=1S/C24H21BrN2O2S/c1-14-5-7-18(12-15(14)2)27-23(28)21(26(4)24(27)30)13-19-8-10-22(29-19)17-6-9-20(25)16(3)11-17/h5-13H,1-4H3/b21-13-. The molecule has 0 unspecified atom stereocenters. The molecule has 1 fully saturated rings. The van der Waals surface area contributed by atoms with E-state index in [1.54, 1.807) is 22.9 Å². The molecule has 2 heterocycles. The molecule has 6 heteroatoms. The monoisotopic (exact) mass is 480 g/mol. The number of benzene rings is 2. The molecule has 0 aliphatic carbocycles. The maximum absolute atomic E-state index is 13.2. The van der Waals surface area contributed by atoms with Gasteiger partial charge in [-0.2, -0.15) is 0 Å². The van der Waals surface area contributed by atoms with Crippen LogP contribution in [0.1, 0.15) is 22.5 Å². The molecule has 0 radical (unpaired) electrons. The third kappa shape index (κ3) is 3.61. The number of rotatable bonds is 3. The van der Waals surface area contributed by atoms with Gasteiger partial charge in [0.2, 0.25) is 0 Å². The Morgan fingerprint density at radius 1 is 0.967 bits per heavy atom. The average molecular weight is 481 g/mol. The number of aryl methyl sites for hydroxylation is 3. The topological polar surface area (TPSA) is 36.7 Å². The van der Waals surface area contributed by atoms with Gasteiger partial charge in [0.15, 0.2) is 5.11 Å². The van der Waals surface area contributed by atoms with Crippen molar-refractivity contribution in [1.82, 2.24) is 4.90 Å². The second-order valence-electron chi connectivity index (χ2n) is 7.45. The normalized spacial score (nSPS) is 15.6. The van der Waals surface area contributed by atoms with Crippen molar-refractivity contribution < 1.29 is 9.21 Å². The van der Waals surface area contributed by atoms with Crippen LogP contribution in [0.25, 0.3) is 17.4 Å². The van der Waals surface area contributed by atoms with Crippen molar-refractivity contribution in [2.75, 3.05) is 11.9 Å². The number of thiocarbonyl (C=S) groups is 1. The molecule has 1 saturated heterocycles. The van der Waals surface area contributed by atoms with Crippen LogP contribution in [-0.2, 0) is 4.79 Å². The fraction of sp³-hybridized carbons (Fsp3) is 0.167. The Bertz CT molecular complexity index is 1210. The van der Waals surface area contributed by atoms with Crippen molar-refractivity contribution in [2.24, 2.45) is 0 Å². The van der Waals surface area contributed by atoms with Crippen molar-refractivity contribution in [3.05, 3.63) is 81.2 Å². The van der Waals surface area contributed by atoms with E-state index >= 15 is 0 Å². The summed E-state index contributed by atoms with van der Waals surface area (Å²) < 4.78 is 7.06. The number of likely N-dealkylation sites (N-methyl/N-ethyl adjacent to an activating group) is 1. The van der Waals surface area contributed by atoms with E-state index in [1.165, 1.54) is 5.56 Å². The smallest absolute Gasteiger partial charge is 0.281 e. The molecule has 0 atom stereocenters. The summed E-state index contributed by atoms with van der Waals surface area (Å²) in [5, 5.41) is 0.449. The zero-order valence-corrected chi connectivity index (χ0v) is 19.6. The van der Waals surface area contributed by atoms with Gasteiger partial charge in [0.05, 0.1) is 5.69 Å². The predicted octanol–water partition coefficient (Wildman–Crippen LogP) is 6.24. The lowest BCUT2D eigenvalue weighted by Crippen LogP contribution is -2.31. The van der Waals surface area contributed by atoms with Gasteiger partial charge in [-0.1, -0.05) is 28.1 Å². The minimum atomic E-state index is -0.164. The van der Waals surface area contributed by atoms with E-state index in [2.05, 4.69) is 22.0 Å². The Kier molecular flexibility index (Phi) is 5.38. The molecule has 4 rings (SSSR count). The highest BCUT2D eigenvalue weighted by Gasteiger charge is 2.37. The number of furan rings is 1. The van der Waals surface area contributed by atoms with Crippen molar-refractivity contribution in [3.63, 3.8) is 0 Å². The molecule has 1 aromatic heterocycles. The van der Waals surface area contributed by atoms with Gasteiger partial charge >= 0.3 is 0 Å². The molecule has 2 aromatic carbocycles. The fourth-order valence-corrected chi connectivity index (χ4v) is 3.90. The third-order valence-electron chi connectivity index (χ3n) is 5.36. The highest BCUT2D eigenvalue weighted by atomic mass is 79.9. The highest BCUT2D eigenvalue weighted by Crippen LogP contribution is 2.31. The summed E-state index contributed by atoms with van der Waals surface area (Å²) in [5.41, 5.74) is 5.65. The number of halogens is 1. The van der Waals surface area contributed by atoms with Gasteiger partial charge in [-0.05, 0) is 86.1 Å². The van der Waals surface area contributed by atoms with E-state index in [4.69, 9.17) is 16.6 Å². The van der Waals surface area contributed by atoms with E-state index in [0.717, 1.165) is 32.6 Å². The van der Waals surface area contributed by atoms with Gasteiger partial charge in [0.25, 0.3) is 5.91 Å². The minimum Gasteiger partial charge on any atom is -0.457 e. The van der Waals surface area contributed by atoms with E-state index < -0.39 is 0 Å². The quantitative estimate of drug-likeness (QED) is 0.328. The van der Waals surface area contributed by atoms with Crippen molar-refractivity contribution >= 4 is 50.9 Å². The summed E-state index contributed by atoms with van der Waals surface area (Å²) >= 11 is 9.07. The minimum absolute atomic E-state index is 0.164. The van der Waals surface area contributed by atoms with Crippen LogP contribution in [0.4, 0.5) is 5.69 Å². The lowest BCUT2D eigenvalue weighted by atomic mass is 10.1. The molecule has 0 N–H and O–H groups in total. The van der Waals surface area contributed by atoms with Crippen LogP contribution in [-0.4, -0.2) is 23.0 Å². The molecule has 1 aliphatic heterocycles. The first-order chi connectivity index (χ1) is 14.3. The number of amides is 1. The van der Waals surface area contributed by atoms with E-state index in [1.807, 2.05) is 63.2 Å². The Hall–Kier alpha value is -2.70. The van der Waals surface area contributed by atoms with Gasteiger partial charge in [-0.25, -0.2) is 0 Å². The van der Waals surface area contributed by atoms with E-state index in [0.29, 0.717) is 16.6 Å². The average Bonchev–Trinajstić information content (AvgIpc) is 3.26. The summed E-state index contributed by atoms with van der Waals surface area (Å²) in [6.45, 7) is 6.10. The zero-order valence-electron chi connectivity index (χ0n) is 17.2. The van der Waals surface area contributed by atoms with Gasteiger partial charge in [0, 0.05) is 23.2 Å². The SMILES string of the molecule is Cc1ccc(N2C(=O)/C(=C/c3ccc(-c4ccc(Br)c(C)c4)o3)N(C)C2=S)cc1C. The number of nitrogens with zero attached hydrogens (tertiary/aromatic N) is 2. The lowest BCUT2D eigenvalue weighted by Gasteiger charge is -2.17. The zero-order chi connectivity index (χ0) is 21.6. The maximum Gasteiger partial charge on any atom is 0.281 e. The van der Waals surface area contributed by atoms with Crippen LogP contribution in [0.3, 0.4) is 0 Å². The first kappa shape index (κ1) is 20.6. The molecule has 152 valence electrons. The van der Waals surface area contributed by atoms with Crippen LogP contribution < -0.4 is 4.90 Å². The predicted molar refractivity (Wildman–Crippen MR) is 128 cm³/mol. The highest BCUT2D eigenvalue weighted by molar-refractivity contribution is 9.10.